The zero-order valence-electron chi connectivity index (χ0n) is 15.5. The predicted molar refractivity (Wildman–Crippen MR) is 100 cm³/mol. The highest BCUT2D eigenvalue weighted by Gasteiger charge is 2.25. The number of rotatable bonds is 3. The van der Waals surface area contributed by atoms with E-state index in [2.05, 4.69) is 15.0 Å². The van der Waals surface area contributed by atoms with E-state index in [1.807, 2.05) is 36.9 Å². The Morgan fingerprint density at radius 2 is 1.81 bits per heavy atom. The largest absolute Gasteiger partial charge is 0.336 e. The number of carbonyl (C=O) groups excluding carboxylic acids is 1. The van der Waals surface area contributed by atoms with Gasteiger partial charge >= 0.3 is 0 Å². The standard InChI is InChI=1S/C20H22FN5O/c1-14-11-15(2)26-19(23-14)18(12-22-26)20(27)25-9-7-24(8-10-25)13-16-3-5-17(21)6-4-16/h3-6,11-12H,7-10,13H2,1-2H3. The molecule has 0 radical (unpaired) electrons. The highest BCUT2D eigenvalue weighted by atomic mass is 19.1. The van der Waals surface area contributed by atoms with Gasteiger partial charge in [-0.15, -0.1) is 0 Å². The molecule has 4 rings (SSSR count). The molecule has 1 aliphatic heterocycles. The van der Waals surface area contributed by atoms with Crippen molar-refractivity contribution >= 4 is 11.6 Å². The third-order valence-corrected chi connectivity index (χ3v) is 4.99. The summed E-state index contributed by atoms with van der Waals surface area (Å²) in [6.07, 6.45) is 1.61. The highest BCUT2D eigenvalue weighted by Crippen LogP contribution is 2.16. The average molecular weight is 367 g/mol. The van der Waals surface area contributed by atoms with Crippen LogP contribution < -0.4 is 0 Å². The smallest absolute Gasteiger partial charge is 0.259 e. The average Bonchev–Trinajstić information content (AvgIpc) is 3.08. The molecule has 7 heteroatoms. The van der Waals surface area contributed by atoms with Crippen LogP contribution in [0.5, 0.6) is 0 Å². The molecule has 2 aromatic heterocycles. The molecule has 0 atom stereocenters. The molecule has 6 nitrogen and oxygen atoms in total. The minimum absolute atomic E-state index is 0.0241. The zero-order valence-corrected chi connectivity index (χ0v) is 15.5. The molecule has 0 unspecified atom stereocenters. The lowest BCUT2D eigenvalue weighted by Crippen LogP contribution is -2.48. The zero-order chi connectivity index (χ0) is 19.0. The first-order valence-electron chi connectivity index (χ1n) is 9.09. The molecule has 1 aliphatic rings. The van der Waals surface area contributed by atoms with Crippen LogP contribution >= 0.6 is 0 Å². The lowest BCUT2D eigenvalue weighted by atomic mass is 10.2. The minimum atomic E-state index is -0.221. The number of aromatic nitrogens is 3. The number of halogens is 1. The van der Waals surface area contributed by atoms with Crippen LogP contribution in [0.3, 0.4) is 0 Å². The molecule has 1 saturated heterocycles. The molecule has 0 saturated carbocycles. The number of piperazine rings is 1. The summed E-state index contributed by atoms with van der Waals surface area (Å²) in [5.74, 6) is -0.245. The van der Waals surface area contributed by atoms with E-state index in [0.29, 0.717) is 24.3 Å². The van der Waals surface area contributed by atoms with Gasteiger partial charge in [0.15, 0.2) is 5.65 Å². The van der Waals surface area contributed by atoms with E-state index < -0.39 is 0 Å². The Morgan fingerprint density at radius 3 is 2.52 bits per heavy atom. The number of amides is 1. The van der Waals surface area contributed by atoms with Crippen molar-refractivity contribution in [2.75, 3.05) is 26.2 Å². The van der Waals surface area contributed by atoms with E-state index in [4.69, 9.17) is 0 Å². The lowest BCUT2D eigenvalue weighted by Gasteiger charge is -2.34. The maximum absolute atomic E-state index is 13.0. The van der Waals surface area contributed by atoms with Crippen LogP contribution in [0.15, 0.2) is 36.5 Å². The molecule has 0 N–H and O–H groups in total. The third kappa shape index (κ3) is 3.55. The molecule has 0 bridgehead atoms. The number of nitrogens with zero attached hydrogens (tertiary/aromatic N) is 5. The summed E-state index contributed by atoms with van der Waals surface area (Å²) in [4.78, 5) is 21.6. The first-order valence-corrected chi connectivity index (χ1v) is 9.09. The molecule has 3 aromatic rings. The summed E-state index contributed by atoms with van der Waals surface area (Å²) in [6.45, 7) is 7.52. The fourth-order valence-electron chi connectivity index (χ4n) is 3.55. The topological polar surface area (TPSA) is 53.7 Å². The third-order valence-electron chi connectivity index (χ3n) is 4.99. The van der Waals surface area contributed by atoms with Crippen molar-refractivity contribution in [1.82, 2.24) is 24.4 Å². The Balaban J connectivity index is 1.44. The SMILES string of the molecule is Cc1cc(C)n2ncc(C(=O)N3CCN(Cc4ccc(F)cc4)CC3)c2n1. The monoisotopic (exact) mass is 367 g/mol. The van der Waals surface area contributed by atoms with Crippen LogP contribution in [0.25, 0.3) is 5.65 Å². The summed E-state index contributed by atoms with van der Waals surface area (Å²) in [7, 11) is 0. The van der Waals surface area contributed by atoms with E-state index >= 15 is 0 Å². The van der Waals surface area contributed by atoms with E-state index in [1.54, 1.807) is 10.7 Å². The Bertz CT molecular complexity index is 974. The second-order valence-corrected chi connectivity index (χ2v) is 7.03. The highest BCUT2D eigenvalue weighted by molar-refractivity contribution is 5.99. The number of hydrogen-bond acceptors (Lipinski definition) is 4. The van der Waals surface area contributed by atoms with Crippen molar-refractivity contribution in [2.45, 2.75) is 20.4 Å². The van der Waals surface area contributed by atoms with Gasteiger partial charge in [0, 0.05) is 44.1 Å². The fraction of sp³-hybridized carbons (Fsp3) is 0.350. The number of aryl methyl sites for hydroxylation is 2. The van der Waals surface area contributed by atoms with E-state index in [9.17, 15) is 9.18 Å². The molecule has 0 spiro atoms. The Hall–Kier alpha value is -2.80. The molecule has 1 amide bonds. The van der Waals surface area contributed by atoms with Crippen molar-refractivity contribution in [3.8, 4) is 0 Å². The molecule has 1 fully saturated rings. The second-order valence-electron chi connectivity index (χ2n) is 7.03. The normalized spacial score (nSPS) is 15.4. The first kappa shape index (κ1) is 17.6. The number of hydrogen-bond donors (Lipinski definition) is 0. The molecular formula is C20H22FN5O. The van der Waals surface area contributed by atoms with Crippen molar-refractivity contribution in [3.05, 3.63) is 64.9 Å². The van der Waals surface area contributed by atoms with Gasteiger partial charge in [0.2, 0.25) is 0 Å². The van der Waals surface area contributed by atoms with E-state index in [1.165, 1.54) is 12.1 Å². The van der Waals surface area contributed by atoms with Crippen LogP contribution in [-0.2, 0) is 6.54 Å². The number of benzene rings is 1. The van der Waals surface area contributed by atoms with Gasteiger partial charge in [-0.2, -0.15) is 5.10 Å². The Morgan fingerprint density at radius 1 is 1.11 bits per heavy atom. The summed E-state index contributed by atoms with van der Waals surface area (Å²) < 4.78 is 14.7. The van der Waals surface area contributed by atoms with Crippen LogP contribution in [0.1, 0.15) is 27.3 Å². The molecule has 3 heterocycles. The Labute approximate surface area is 157 Å². The van der Waals surface area contributed by atoms with Gasteiger partial charge in [-0.05, 0) is 37.6 Å². The van der Waals surface area contributed by atoms with Crippen molar-refractivity contribution in [3.63, 3.8) is 0 Å². The molecule has 1 aromatic carbocycles. The summed E-state index contributed by atoms with van der Waals surface area (Å²) in [6, 6.07) is 8.53. The van der Waals surface area contributed by atoms with Gasteiger partial charge in [0.05, 0.1) is 6.20 Å². The Kier molecular flexibility index (Phi) is 4.61. The van der Waals surface area contributed by atoms with Crippen molar-refractivity contribution in [2.24, 2.45) is 0 Å². The minimum Gasteiger partial charge on any atom is -0.336 e. The predicted octanol–water partition coefficient (Wildman–Crippen LogP) is 2.44. The van der Waals surface area contributed by atoms with Gasteiger partial charge in [-0.25, -0.2) is 13.9 Å². The molecule has 0 aliphatic carbocycles. The lowest BCUT2D eigenvalue weighted by molar-refractivity contribution is 0.0630. The molecule has 27 heavy (non-hydrogen) atoms. The van der Waals surface area contributed by atoms with Gasteiger partial charge < -0.3 is 4.90 Å². The van der Waals surface area contributed by atoms with E-state index in [0.717, 1.165) is 36.6 Å². The van der Waals surface area contributed by atoms with Crippen LogP contribution in [0.4, 0.5) is 4.39 Å². The van der Waals surface area contributed by atoms with Crippen molar-refractivity contribution < 1.29 is 9.18 Å². The van der Waals surface area contributed by atoms with Crippen LogP contribution in [0, 0.1) is 19.7 Å². The van der Waals surface area contributed by atoms with Crippen molar-refractivity contribution in [1.29, 1.82) is 0 Å². The number of carbonyl (C=O) groups is 1. The van der Waals surface area contributed by atoms with Gasteiger partial charge in [0.1, 0.15) is 11.4 Å². The quantitative estimate of drug-likeness (QED) is 0.714. The van der Waals surface area contributed by atoms with E-state index in [-0.39, 0.29) is 11.7 Å². The summed E-state index contributed by atoms with van der Waals surface area (Å²) >= 11 is 0. The maximum atomic E-state index is 13.0. The van der Waals surface area contributed by atoms with Crippen LogP contribution in [-0.4, -0.2) is 56.5 Å². The van der Waals surface area contributed by atoms with Gasteiger partial charge in [-0.3, -0.25) is 9.69 Å². The van der Waals surface area contributed by atoms with Gasteiger partial charge in [-0.1, -0.05) is 12.1 Å². The molecular weight excluding hydrogens is 345 g/mol. The summed E-state index contributed by atoms with van der Waals surface area (Å²) in [5.41, 5.74) is 4.08. The van der Waals surface area contributed by atoms with Crippen LogP contribution in [0.2, 0.25) is 0 Å². The summed E-state index contributed by atoms with van der Waals surface area (Å²) in [5, 5.41) is 4.32. The maximum Gasteiger partial charge on any atom is 0.259 e. The van der Waals surface area contributed by atoms with Gasteiger partial charge in [0.25, 0.3) is 5.91 Å². The fourth-order valence-corrected chi connectivity index (χ4v) is 3.55. The second kappa shape index (κ2) is 7.08. The first-order chi connectivity index (χ1) is 13.0. The number of fused-ring (bicyclic) bond motifs is 1. The molecule has 140 valence electrons.